The van der Waals surface area contributed by atoms with Gasteiger partial charge in [0, 0.05) is 44.3 Å². The lowest BCUT2D eigenvalue weighted by atomic mass is 9.90. The van der Waals surface area contributed by atoms with E-state index in [0.717, 1.165) is 57.5 Å². The highest BCUT2D eigenvalue weighted by Crippen LogP contribution is 2.32. The fourth-order valence-corrected chi connectivity index (χ4v) is 4.49. The maximum Gasteiger partial charge on any atom is 0.407 e. The first-order valence-corrected chi connectivity index (χ1v) is 11.6. The van der Waals surface area contributed by atoms with Gasteiger partial charge in [-0.1, -0.05) is 0 Å². The monoisotopic (exact) mass is 435 g/mol. The Morgan fingerprint density at radius 2 is 1.74 bits per heavy atom. The Bertz CT molecular complexity index is 734. The van der Waals surface area contributed by atoms with E-state index in [1.54, 1.807) is 0 Å². The number of alkyl carbamates (subject to hydrolysis) is 1. The molecule has 1 heterocycles. The first kappa shape index (κ1) is 23.6. The summed E-state index contributed by atoms with van der Waals surface area (Å²) in [4.78, 5) is 16.9. The van der Waals surface area contributed by atoms with Crippen LogP contribution >= 0.6 is 0 Å². The van der Waals surface area contributed by atoms with E-state index in [-0.39, 0.29) is 24.1 Å². The van der Waals surface area contributed by atoms with Gasteiger partial charge in [0.2, 0.25) is 0 Å². The number of rotatable bonds is 5. The van der Waals surface area contributed by atoms with Gasteiger partial charge in [-0.3, -0.25) is 4.90 Å². The van der Waals surface area contributed by atoms with Crippen molar-refractivity contribution in [2.24, 2.45) is 0 Å². The first-order valence-electron chi connectivity index (χ1n) is 11.6. The lowest BCUT2D eigenvalue weighted by Gasteiger charge is -2.43. The highest BCUT2D eigenvalue weighted by atomic mass is 19.1. The summed E-state index contributed by atoms with van der Waals surface area (Å²) in [7, 11) is 0. The lowest BCUT2D eigenvalue weighted by molar-refractivity contribution is 0.0475. The molecule has 0 aromatic heterocycles. The summed E-state index contributed by atoms with van der Waals surface area (Å²) in [6.45, 7) is 13.3. The van der Waals surface area contributed by atoms with Gasteiger partial charge in [-0.2, -0.15) is 0 Å². The summed E-state index contributed by atoms with van der Waals surface area (Å²) in [6, 6.07) is 5.57. The van der Waals surface area contributed by atoms with Gasteiger partial charge >= 0.3 is 6.09 Å². The van der Waals surface area contributed by atoms with Crippen molar-refractivity contribution in [1.82, 2.24) is 10.2 Å². The first-order chi connectivity index (χ1) is 14.6. The summed E-state index contributed by atoms with van der Waals surface area (Å²) in [5.41, 5.74) is 0.506. The van der Waals surface area contributed by atoms with E-state index in [2.05, 4.69) is 15.1 Å². The van der Waals surface area contributed by atoms with Crippen LogP contribution in [0.15, 0.2) is 18.2 Å². The zero-order valence-corrected chi connectivity index (χ0v) is 19.6. The predicted molar refractivity (Wildman–Crippen MR) is 121 cm³/mol. The Hall–Kier alpha value is -2.02. The highest BCUT2D eigenvalue weighted by Gasteiger charge is 2.30. The number of hydrogen-bond acceptors (Lipinski definition) is 5. The van der Waals surface area contributed by atoms with E-state index in [0.29, 0.717) is 11.8 Å². The number of ether oxygens (including phenoxy) is 2. The number of carbonyl (C=O) groups is 1. The lowest BCUT2D eigenvalue weighted by Crippen LogP contribution is -2.52. The fraction of sp³-hybridized carbons (Fsp3) is 0.708. The average Bonchev–Trinajstić information content (AvgIpc) is 2.67. The van der Waals surface area contributed by atoms with Gasteiger partial charge in [0.1, 0.15) is 17.2 Å². The van der Waals surface area contributed by atoms with E-state index in [9.17, 15) is 9.18 Å². The largest absolute Gasteiger partial charge is 0.489 e. The van der Waals surface area contributed by atoms with E-state index in [1.165, 1.54) is 12.1 Å². The third-order valence-corrected chi connectivity index (χ3v) is 5.87. The van der Waals surface area contributed by atoms with Gasteiger partial charge in [-0.15, -0.1) is 0 Å². The Morgan fingerprint density at radius 1 is 1.10 bits per heavy atom. The summed E-state index contributed by atoms with van der Waals surface area (Å²) >= 11 is 0. The average molecular weight is 436 g/mol. The minimum atomic E-state index is -0.467. The molecule has 1 aliphatic carbocycles. The van der Waals surface area contributed by atoms with Gasteiger partial charge in [-0.25, -0.2) is 9.18 Å². The second-order valence-electron chi connectivity index (χ2n) is 9.95. The molecule has 1 aromatic carbocycles. The SMILES string of the molecule is CC(C)Oc1cc(F)ccc1N1CCN(C2CCC(NC(=O)OC(C)(C)C)CC2)CC1. The Balaban J connectivity index is 1.48. The molecule has 174 valence electrons. The summed E-state index contributed by atoms with van der Waals surface area (Å²) < 4.78 is 25.0. The number of piperazine rings is 1. The van der Waals surface area contributed by atoms with E-state index in [1.807, 2.05) is 40.7 Å². The zero-order valence-electron chi connectivity index (χ0n) is 19.6. The fourth-order valence-electron chi connectivity index (χ4n) is 4.49. The van der Waals surface area contributed by atoms with Crippen LogP contribution in [0.5, 0.6) is 5.75 Å². The number of hydrogen-bond donors (Lipinski definition) is 1. The number of nitrogens with one attached hydrogen (secondary N) is 1. The normalized spacial score (nSPS) is 23.0. The number of halogens is 1. The number of nitrogens with zero attached hydrogens (tertiary/aromatic N) is 2. The van der Waals surface area contributed by atoms with E-state index >= 15 is 0 Å². The van der Waals surface area contributed by atoms with Gasteiger partial charge < -0.3 is 19.7 Å². The molecule has 0 atom stereocenters. The van der Waals surface area contributed by atoms with E-state index < -0.39 is 5.60 Å². The molecule has 1 saturated heterocycles. The van der Waals surface area contributed by atoms with Crippen molar-refractivity contribution in [3.8, 4) is 5.75 Å². The maximum atomic E-state index is 13.7. The van der Waals surface area contributed by atoms with Crippen LogP contribution in [0.2, 0.25) is 0 Å². The topological polar surface area (TPSA) is 54.0 Å². The molecule has 3 rings (SSSR count). The van der Waals surface area contributed by atoms with Crippen LogP contribution in [-0.2, 0) is 4.74 Å². The number of benzene rings is 1. The van der Waals surface area contributed by atoms with Crippen molar-refractivity contribution in [3.63, 3.8) is 0 Å². The number of amides is 1. The second-order valence-corrected chi connectivity index (χ2v) is 9.95. The molecule has 2 fully saturated rings. The summed E-state index contributed by atoms with van der Waals surface area (Å²) in [6.07, 6.45) is 3.81. The molecule has 2 aliphatic rings. The minimum Gasteiger partial charge on any atom is -0.489 e. The number of anilines is 1. The van der Waals surface area contributed by atoms with Crippen molar-refractivity contribution < 1.29 is 18.7 Å². The second kappa shape index (κ2) is 10.1. The molecule has 0 bridgehead atoms. The third kappa shape index (κ3) is 6.99. The Kier molecular flexibility index (Phi) is 7.68. The summed E-state index contributed by atoms with van der Waals surface area (Å²) in [5, 5.41) is 3.02. The smallest absolute Gasteiger partial charge is 0.407 e. The van der Waals surface area contributed by atoms with Crippen molar-refractivity contribution >= 4 is 11.8 Å². The van der Waals surface area contributed by atoms with Crippen LogP contribution in [0.25, 0.3) is 0 Å². The van der Waals surface area contributed by atoms with Crippen LogP contribution in [0.4, 0.5) is 14.9 Å². The third-order valence-electron chi connectivity index (χ3n) is 5.87. The van der Waals surface area contributed by atoms with Crippen LogP contribution in [0.3, 0.4) is 0 Å². The Morgan fingerprint density at radius 3 is 2.32 bits per heavy atom. The molecule has 1 N–H and O–H groups in total. The van der Waals surface area contributed by atoms with Crippen molar-refractivity contribution in [2.45, 2.75) is 84.1 Å². The molecule has 7 heteroatoms. The van der Waals surface area contributed by atoms with Crippen LogP contribution in [0, 0.1) is 5.82 Å². The standard InChI is InChI=1S/C24H38FN3O3/c1-17(2)30-22-16-18(25)6-11-21(22)28-14-12-27(13-15-28)20-9-7-19(8-10-20)26-23(29)31-24(3,4)5/h6,11,16-17,19-20H,7-10,12-15H2,1-5H3,(H,26,29). The summed E-state index contributed by atoms with van der Waals surface area (Å²) in [5.74, 6) is 0.354. The van der Waals surface area contributed by atoms with Crippen LogP contribution in [0.1, 0.15) is 60.3 Å². The molecular formula is C24H38FN3O3. The quantitative estimate of drug-likeness (QED) is 0.734. The van der Waals surface area contributed by atoms with E-state index in [4.69, 9.17) is 9.47 Å². The van der Waals surface area contributed by atoms with Gasteiger partial charge in [-0.05, 0) is 72.4 Å². The predicted octanol–water partition coefficient (Wildman–Crippen LogP) is 4.57. The highest BCUT2D eigenvalue weighted by molar-refractivity contribution is 5.68. The van der Waals surface area contributed by atoms with Crippen LogP contribution in [-0.4, -0.2) is 61.0 Å². The molecule has 0 radical (unpaired) electrons. The molecule has 1 amide bonds. The molecular weight excluding hydrogens is 397 g/mol. The van der Waals surface area contributed by atoms with Gasteiger partial charge in [0.25, 0.3) is 0 Å². The number of carbonyl (C=O) groups excluding carboxylic acids is 1. The minimum absolute atomic E-state index is 0.00585. The molecule has 0 spiro atoms. The molecule has 1 saturated carbocycles. The van der Waals surface area contributed by atoms with Crippen molar-refractivity contribution in [2.75, 3.05) is 31.1 Å². The zero-order chi connectivity index (χ0) is 22.6. The van der Waals surface area contributed by atoms with Crippen molar-refractivity contribution in [1.29, 1.82) is 0 Å². The Labute approximate surface area is 186 Å². The molecule has 6 nitrogen and oxygen atoms in total. The maximum absolute atomic E-state index is 13.7. The molecule has 0 unspecified atom stereocenters. The van der Waals surface area contributed by atoms with Crippen LogP contribution < -0.4 is 15.0 Å². The molecule has 1 aromatic rings. The van der Waals surface area contributed by atoms with Crippen molar-refractivity contribution in [3.05, 3.63) is 24.0 Å². The van der Waals surface area contributed by atoms with Gasteiger partial charge in [0.15, 0.2) is 0 Å². The van der Waals surface area contributed by atoms with Gasteiger partial charge in [0.05, 0.1) is 11.8 Å². The molecule has 31 heavy (non-hydrogen) atoms. The molecule has 1 aliphatic heterocycles.